The predicted octanol–water partition coefficient (Wildman–Crippen LogP) is -0.394. The number of carbonyl (C=O) groups is 1. The fourth-order valence-electron chi connectivity index (χ4n) is 1.30. The summed E-state index contributed by atoms with van der Waals surface area (Å²) >= 11 is 1.59. The van der Waals surface area contributed by atoms with Crippen molar-refractivity contribution in [1.29, 1.82) is 0 Å². The molecule has 0 bridgehead atoms. The van der Waals surface area contributed by atoms with Crippen molar-refractivity contribution in [3.05, 3.63) is 0 Å². The Balaban J connectivity index is 2.14. The van der Waals surface area contributed by atoms with E-state index in [1.54, 1.807) is 11.8 Å². The van der Waals surface area contributed by atoms with Crippen LogP contribution < -0.4 is 16.8 Å². The molecule has 0 aromatic heterocycles. The van der Waals surface area contributed by atoms with Crippen molar-refractivity contribution in [2.75, 3.05) is 18.8 Å². The molecule has 88 valence electrons. The van der Waals surface area contributed by atoms with Crippen molar-refractivity contribution in [1.82, 2.24) is 5.32 Å². The SMILES string of the molecule is NCCCC[C@H](N)C(=O)OC1NCCS1. The number of rotatable bonds is 6. The molecule has 5 nitrogen and oxygen atoms in total. The van der Waals surface area contributed by atoms with E-state index in [2.05, 4.69) is 5.32 Å². The molecule has 0 amide bonds. The number of ether oxygens (including phenoxy) is 1. The summed E-state index contributed by atoms with van der Waals surface area (Å²) in [6.45, 7) is 1.52. The molecule has 0 spiro atoms. The van der Waals surface area contributed by atoms with E-state index in [1.807, 2.05) is 0 Å². The largest absolute Gasteiger partial charge is 0.436 e. The molecule has 1 aliphatic heterocycles. The molecule has 1 aliphatic rings. The van der Waals surface area contributed by atoms with E-state index in [1.165, 1.54) is 0 Å². The minimum Gasteiger partial charge on any atom is -0.436 e. The number of unbranched alkanes of at least 4 members (excludes halogenated alkanes) is 1. The Morgan fingerprint density at radius 1 is 1.60 bits per heavy atom. The quantitative estimate of drug-likeness (QED) is 0.427. The minimum absolute atomic E-state index is 0.210. The van der Waals surface area contributed by atoms with Crippen molar-refractivity contribution in [3.63, 3.8) is 0 Å². The molecule has 0 aromatic rings. The van der Waals surface area contributed by atoms with Crippen LogP contribution in [-0.2, 0) is 9.53 Å². The maximum Gasteiger partial charge on any atom is 0.325 e. The van der Waals surface area contributed by atoms with Crippen LogP contribution in [0.25, 0.3) is 0 Å². The lowest BCUT2D eigenvalue weighted by molar-refractivity contribution is -0.147. The Kier molecular flexibility index (Phi) is 6.00. The van der Waals surface area contributed by atoms with Crippen molar-refractivity contribution in [3.8, 4) is 0 Å². The summed E-state index contributed by atoms with van der Waals surface area (Å²) in [4.78, 5) is 11.5. The molecule has 0 saturated carbocycles. The van der Waals surface area contributed by atoms with Gasteiger partial charge in [-0.2, -0.15) is 0 Å². The third kappa shape index (κ3) is 4.83. The lowest BCUT2D eigenvalue weighted by atomic mass is 10.1. The second-order valence-corrected chi connectivity index (χ2v) is 4.65. The third-order valence-corrected chi connectivity index (χ3v) is 3.18. The summed E-state index contributed by atoms with van der Waals surface area (Å²) in [5, 5.41) is 3.05. The maximum absolute atomic E-state index is 11.5. The van der Waals surface area contributed by atoms with Gasteiger partial charge in [0.25, 0.3) is 0 Å². The summed E-state index contributed by atoms with van der Waals surface area (Å²) in [7, 11) is 0. The van der Waals surface area contributed by atoms with Gasteiger partial charge in [-0.05, 0) is 19.4 Å². The van der Waals surface area contributed by atoms with Crippen LogP contribution in [0.15, 0.2) is 0 Å². The zero-order chi connectivity index (χ0) is 11.1. The van der Waals surface area contributed by atoms with Gasteiger partial charge in [0, 0.05) is 12.3 Å². The predicted molar refractivity (Wildman–Crippen MR) is 61.2 cm³/mol. The van der Waals surface area contributed by atoms with E-state index in [-0.39, 0.29) is 11.5 Å². The average molecular weight is 233 g/mol. The summed E-state index contributed by atoms with van der Waals surface area (Å²) in [5.41, 5.74) is 10.8. The van der Waals surface area contributed by atoms with Crippen LogP contribution in [0, 0.1) is 0 Å². The normalized spacial score (nSPS) is 22.7. The summed E-state index contributed by atoms with van der Waals surface area (Å²) in [6, 6.07) is -0.514. The maximum atomic E-state index is 11.5. The second kappa shape index (κ2) is 7.05. The Morgan fingerprint density at radius 3 is 3.00 bits per heavy atom. The Morgan fingerprint density at radius 2 is 2.40 bits per heavy atom. The van der Waals surface area contributed by atoms with E-state index in [9.17, 15) is 4.79 Å². The van der Waals surface area contributed by atoms with E-state index in [0.29, 0.717) is 13.0 Å². The number of thioether (sulfide) groups is 1. The molecule has 0 aromatic carbocycles. The molecule has 5 N–H and O–H groups in total. The van der Waals surface area contributed by atoms with Crippen LogP contribution >= 0.6 is 11.8 Å². The number of hydrogen-bond donors (Lipinski definition) is 3. The Hall–Kier alpha value is -0.300. The van der Waals surface area contributed by atoms with Gasteiger partial charge in [0.05, 0.1) is 0 Å². The summed E-state index contributed by atoms with van der Waals surface area (Å²) in [6.07, 6.45) is 2.42. The van der Waals surface area contributed by atoms with Crippen LogP contribution in [0.3, 0.4) is 0 Å². The van der Waals surface area contributed by atoms with Gasteiger partial charge >= 0.3 is 5.97 Å². The molecule has 1 saturated heterocycles. The first-order chi connectivity index (χ1) is 7.24. The lowest BCUT2D eigenvalue weighted by Crippen LogP contribution is -2.37. The second-order valence-electron chi connectivity index (χ2n) is 3.48. The van der Waals surface area contributed by atoms with Gasteiger partial charge in [-0.3, -0.25) is 10.1 Å². The number of esters is 1. The summed E-state index contributed by atoms with van der Waals surface area (Å²) < 4.78 is 5.16. The van der Waals surface area contributed by atoms with E-state index in [4.69, 9.17) is 16.2 Å². The number of carbonyl (C=O) groups excluding carboxylic acids is 1. The van der Waals surface area contributed by atoms with Crippen molar-refractivity contribution in [2.24, 2.45) is 11.5 Å². The van der Waals surface area contributed by atoms with Gasteiger partial charge in [-0.15, -0.1) is 11.8 Å². The molecule has 2 atom stereocenters. The minimum atomic E-state index is -0.514. The average Bonchev–Trinajstić information content (AvgIpc) is 2.70. The first-order valence-corrected chi connectivity index (χ1v) is 6.30. The van der Waals surface area contributed by atoms with Gasteiger partial charge < -0.3 is 16.2 Å². The van der Waals surface area contributed by atoms with Gasteiger partial charge in [-0.1, -0.05) is 6.42 Å². The molecule has 6 heteroatoms. The highest BCUT2D eigenvalue weighted by molar-refractivity contribution is 8.00. The van der Waals surface area contributed by atoms with Crippen LogP contribution in [0.1, 0.15) is 19.3 Å². The van der Waals surface area contributed by atoms with Crippen molar-refractivity contribution < 1.29 is 9.53 Å². The highest BCUT2D eigenvalue weighted by Gasteiger charge is 2.22. The highest BCUT2D eigenvalue weighted by Crippen LogP contribution is 2.15. The Bertz CT molecular complexity index is 198. The first-order valence-electron chi connectivity index (χ1n) is 5.25. The first kappa shape index (κ1) is 12.8. The molecule has 15 heavy (non-hydrogen) atoms. The fraction of sp³-hybridized carbons (Fsp3) is 0.889. The van der Waals surface area contributed by atoms with Gasteiger partial charge in [0.15, 0.2) is 0 Å². The zero-order valence-electron chi connectivity index (χ0n) is 8.78. The van der Waals surface area contributed by atoms with Gasteiger partial charge in [0.1, 0.15) is 6.04 Å². The standard InChI is InChI=1S/C9H19N3O2S/c10-4-2-1-3-7(11)8(13)14-9-12-5-6-15-9/h7,9,12H,1-6,10-11H2/t7-,9?/m0/s1. The fourth-order valence-corrected chi connectivity index (χ4v) is 2.15. The molecule has 1 heterocycles. The Labute approximate surface area is 94.3 Å². The summed E-state index contributed by atoms with van der Waals surface area (Å²) in [5.74, 6) is 0.652. The van der Waals surface area contributed by atoms with E-state index in [0.717, 1.165) is 25.1 Å². The molecule has 1 rings (SSSR count). The lowest BCUT2D eigenvalue weighted by Gasteiger charge is -2.15. The van der Waals surface area contributed by atoms with Crippen molar-refractivity contribution in [2.45, 2.75) is 30.9 Å². The van der Waals surface area contributed by atoms with E-state index >= 15 is 0 Å². The highest BCUT2D eigenvalue weighted by atomic mass is 32.2. The molecule has 1 unspecified atom stereocenters. The molecular weight excluding hydrogens is 214 g/mol. The molecule has 0 aliphatic carbocycles. The monoisotopic (exact) mass is 233 g/mol. The zero-order valence-corrected chi connectivity index (χ0v) is 9.59. The topological polar surface area (TPSA) is 90.4 Å². The van der Waals surface area contributed by atoms with Crippen molar-refractivity contribution >= 4 is 17.7 Å². The number of nitrogens with two attached hydrogens (primary N) is 2. The van der Waals surface area contributed by atoms with E-state index < -0.39 is 6.04 Å². The van der Waals surface area contributed by atoms with Gasteiger partial charge in [0.2, 0.25) is 5.56 Å². The smallest absolute Gasteiger partial charge is 0.325 e. The van der Waals surface area contributed by atoms with Gasteiger partial charge in [-0.25, -0.2) is 0 Å². The number of hydrogen-bond acceptors (Lipinski definition) is 6. The van der Waals surface area contributed by atoms with Crippen LogP contribution in [-0.4, -0.2) is 36.4 Å². The third-order valence-electron chi connectivity index (χ3n) is 2.18. The number of nitrogens with one attached hydrogen (secondary N) is 1. The van der Waals surface area contributed by atoms with Crippen LogP contribution in [0.2, 0.25) is 0 Å². The molecule has 0 radical (unpaired) electrons. The van der Waals surface area contributed by atoms with Crippen LogP contribution in [0.5, 0.6) is 0 Å². The molecular formula is C9H19N3O2S. The van der Waals surface area contributed by atoms with Crippen LogP contribution in [0.4, 0.5) is 0 Å². The molecule has 1 fully saturated rings.